The normalized spacial score (nSPS) is 15.1. The largest absolute Gasteiger partial charge is 0.363 e. The van der Waals surface area contributed by atoms with Crippen molar-refractivity contribution < 1.29 is 4.39 Å². The first-order valence-electron chi connectivity index (χ1n) is 7.57. The number of nitrogens with two attached hydrogens (primary N) is 1. The highest BCUT2D eigenvalue weighted by atomic mass is 19.1. The highest BCUT2D eigenvalue weighted by Gasteiger charge is 2.26. The van der Waals surface area contributed by atoms with Gasteiger partial charge < -0.3 is 10.6 Å². The fraction of sp³-hybridized carbons (Fsp3) is 0.333. The molecule has 3 rings (SSSR count). The van der Waals surface area contributed by atoms with Gasteiger partial charge in [0, 0.05) is 18.8 Å². The second-order valence-electron chi connectivity index (χ2n) is 5.56. The molecule has 0 spiro atoms. The highest BCUT2D eigenvalue weighted by Crippen LogP contribution is 2.35. The lowest BCUT2D eigenvalue weighted by atomic mass is 10.0. The molecular formula is C18H21FN2. The highest BCUT2D eigenvalue weighted by molar-refractivity contribution is 5.60. The third kappa shape index (κ3) is 2.66. The summed E-state index contributed by atoms with van der Waals surface area (Å²) in [6, 6.07) is 13.8. The van der Waals surface area contributed by atoms with E-state index in [2.05, 4.69) is 36.1 Å². The molecule has 2 nitrogen and oxygen atoms in total. The minimum atomic E-state index is -0.183. The van der Waals surface area contributed by atoms with Gasteiger partial charge in [-0.3, -0.25) is 0 Å². The Morgan fingerprint density at radius 1 is 1.19 bits per heavy atom. The van der Waals surface area contributed by atoms with Gasteiger partial charge in [0.15, 0.2) is 0 Å². The Bertz CT molecular complexity index is 622. The van der Waals surface area contributed by atoms with E-state index in [0.717, 1.165) is 25.1 Å². The van der Waals surface area contributed by atoms with E-state index in [0.29, 0.717) is 6.54 Å². The summed E-state index contributed by atoms with van der Waals surface area (Å²) in [6.45, 7) is 3.58. The maximum atomic E-state index is 13.5. The van der Waals surface area contributed by atoms with Crippen molar-refractivity contribution in [1.82, 2.24) is 0 Å². The molecule has 0 saturated heterocycles. The molecule has 1 unspecified atom stereocenters. The van der Waals surface area contributed by atoms with E-state index in [1.807, 2.05) is 6.07 Å². The third-order valence-electron chi connectivity index (χ3n) is 4.35. The molecule has 0 aromatic heterocycles. The first kappa shape index (κ1) is 14.1. The van der Waals surface area contributed by atoms with Crippen LogP contribution in [0, 0.1) is 5.82 Å². The molecule has 0 saturated carbocycles. The molecule has 1 aliphatic rings. The van der Waals surface area contributed by atoms with Crippen molar-refractivity contribution >= 4 is 5.69 Å². The topological polar surface area (TPSA) is 29.3 Å². The fourth-order valence-corrected chi connectivity index (χ4v) is 3.12. The van der Waals surface area contributed by atoms with Crippen LogP contribution in [0.1, 0.15) is 29.7 Å². The average molecular weight is 284 g/mol. The minimum Gasteiger partial charge on any atom is -0.363 e. The molecule has 2 aromatic carbocycles. The van der Waals surface area contributed by atoms with Crippen LogP contribution < -0.4 is 10.6 Å². The van der Waals surface area contributed by atoms with Gasteiger partial charge in [-0.2, -0.15) is 0 Å². The zero-order valence-electron chi connectivity index (χ0n) is 12.3. The van der Waals surface area contributed by atoms with Crippen LogP contribution in [0.25, 0.3) is 0 Å². The molecule has 0 amide bonds. The van der Waals surface area contributed by atoms with E-state index < -0.39 is 0 Å². The van der Waals surface area contributed by atoms with Crippen molar-refractivity contribution in [3.8, 4) is 0 Å². The van der Waals surface area contributed by atoms with Crippen molar-refractivity contribution in [3.05, 3.63) is 65.0 Å². The molecule has 3 heteroatoms. The summed E-state index contributed by atoms with van der Waals surface area (Å²) in [7, 11) is 0. The van der Waals surface area contributed by atoms with Crippen molar-refractivity contribution in [3.63, 3.8) is 0 Å². The molecule has 0 radical (unpaired) electrons. The van der Waals surface area contributed by atoms with Gasteiger partial charge in [-0.15, -0.1) is 0 Å². The smallest absolute Gasteiger partial charge is 0.125 e. The average Bonchev–Trinajstić information content (AvgIpc) is 2.92. The molecule has 21 heavy (non-hydrogen) atoms. The minimum absolute atomic E-state index is 0.110. The molecule has 0 bridgehead atoms. The monoisotopic (exact) mass is 284 g/mol. The Hall–Kier alpha value is -1.87. The first-order valence-corrected chi connectivity index (χ1v) is 7.57. The fourth-order valence-electron chi connectivity index (χ4n) is 3.12. The predicted molar refractivity (Wildman–Crippen MR) is 85.1 cm³/mol. The lowest BCUT2D eigenvalue weighted by molar-refractivity contribution is 0.621. The number of halogens is 1. The van der Waals surface area contributed by atoms with Gasteiger partial charge in [-0.1, -0.05) is 37.3 Å². The maximum absolute atomic E-state index is 13.5. The van der Waals surface area contributed by atoms with Crippen LogP contribution in [0.2, 0.25) is 0 Å². The summed E-state index contributed by atoms with van der Waals surface area (Å²) < 4.78 is 13.5. The van der Waals surface area contributed by atoms with Gasteiger partial charge in [-0.25, -0.2) is 4.39 Å². The van der Waals surface area contributed by atoms with Crippen molar-refractivity contribution in [2.24, 2.45) is 5.73 Å². The van der Waals surface area contributed by atoms with Crippen LogP contribution in [0.15, 0.2) is 42.5 Å². The van der Waals surface area contributed by atoms with Gasteiger partial charge in [0.1, 0.15) is 5.82 Å². The van der Waals surface area contributed by atoms with Gasteiger partial charge >= 0.3 is 0 Å². The molecule has 2 N–H and O–H groups in total. The van der Waals surface area contributed by atoms with E-state index in [-0.39, 0.29) is 11.9 Å². The summed E-state index contributed by atoms with van der Waals surface area (Å²) in [5, 5.41) is 0. The molecule has 1 aliphatic heterocycles. The number of hydrogen-bond donors (Lipinski definition) is 1. The first-order chi connectivity index (χ1) is 10.2. The number of rotatable bonds is 4. The molecule has 0 aliphatic carbocycles. The molecular weight excluding hydrogens is 263 g/mol. The molecule has 1 atom stereocenters. The number of hydrogen-bond acceptors (Lipinski definition) is 2. The summed E-state index contributed by atoms with van der Waals surface area (Å²) in [5.41, 5.74) is 10.7. The summed E-state index contributed by atoms with van der Waals surface area (Å²) in [5.74, 6) is -0.183. The maximum Gasteiger partial charge on any atom is 0.125 e. The number of fused-ring (bicyclic) bond motifs is 1. The van der Waals surface area contributed by atoms with Crippen molar-refractivity contribution in [2.45, 2.75) is 25.8 Å². The van der Waals surface area contributed by atoms with Crippen LogP contribution in [0.4, 0.5) is 10.1 Å². The van der Waals surface area contributed by atoms with Crippen LogP contribution in [-0.2, 0) is 12.8 Å². The molecule has 0 fully saturated rings. The standard InChI is InChI=1S/C18H21FN2/c1-2-13-3-5-14(6-4-13)18(12-20)21-10-9-15-7-8-16(19)11-17(15)21/h3-8,11,18H,2,9-10,12,20H2,1H3. The van der Waals surface area contributed by atoms with Gasteiger partial charge in [0.2, 0.25) is 0 Å². The number of anilines is 1. The summed E-state index contributed by atoms with van der Waals surface area (Å²) in [6.07, 6.45) is 1.99. The predicted octanol–water partition coefficient (Wildman–Crippen LogP) is 3.45. The SMILES string of the molecule is CCc1ccc(C(CN)N2CCc3ccc(F)cc32)cc1. The van der Waals surface area contributed by atoms with Crippen molar-refractivity contribution in [1.29, 1.82) is 0 Å². The Morgan fingerprint density at radius 2 is 1.95 bits per heavy atom. The summed E-state index contributed by atoms with van der Waals surface area (Å²) >= 11 is 0. The lowest BCUT2D eigenvalue weighted by Gasteiger charge is -2.30. The van der Waals surface area contributed by atoms with E-state index >= 15 is 0 Å². The quantitative estimate of drug-likeness (QED) is 0.931. The van der Waals surface area contributed by atoms with Crippen LogP contribution in [0.3, 0.4) is 0 Å². The van der Waals surface area contributed by atoms with Gasteiger partial charge in [0.25, 0.3) is 0 Å². The van der Waals surface area contributed by atoms with Crippen LogP contribution in [-0.4, -0.2) is 13.1 Å². The Morgan fingerprint density at radius 3 is 2.62 bits per heavy atom. The number of aryl methyl sites for hydroxylation is 1. The van der Waals surface area contributed by atoms with Crippen molar-refractivity contribution in [2.75, 3.05) is 18.0 Å². The second-order valence-corrected chi connectivity index (χ2v) is 5.56. The lowest BCUT2D eigenvalue weighted by Crippen LogP contribution is -2.32. The Labute approximate surface area is 125 Å². The van der Waals surface area contributed by atoms with Gasteiger partial charge in [-0.05, 0) is 41.7 Å². The van der Waals surface area contributed by atoms with Gasteiger partial charge in [0.05, 0.1) is 6.04 Å². The Kier molecular flexibility index (Phi) is 3.93. The molecule has 1 heterocycles. The summed E-state index contributed by atoms with van der Waals surface area (Å²) in [4.78, 5) is 2.24. The van der Waals surface area contributed by atoms with E-state index in [4.69, 9.17) is 5.73 Å². The number of benzene rings is 2. The molecule has 110 valence electrons. The molecule has 2 aromatic rings. The zero-order chi connectivity index (χ0) is 14.8. The zero-order valence-corrected chi connectivity index (χ0v) is 12.3. The van der Waals surface area contributed by atoms with E-state index in [1.165, 1.54) is 22.8 Å². The second kappa shape index (κ2) is 5.86. The van der Waals surface area contributed by atoms with Crippen LogP contribution in [0.5, 0.6) is 0 Å². The third-order valence-corrected chi connectivity index (χ3v) is 4.35. The van der Waals surface area contributed by atoms with Crippen LogP contribution >= 0.6 is 0 Å². The Balaban J connectivity index is 1.93. The number of nitrogens with zero attached hydrogens (tertiary/aromatic N) is 1. The van der Waals surface area contributed by atoms with E-state index in [9.17, 15) is 4.39 Å². The van der Waals surface area contributed by atoms with E-state index in [1.54, 1.807) is 6.07 Å².